The zero-order valence-electron chi connectivity index (χ0n) is 14.0. The van der Waals surface area contributed by atoms with E-state index in [0.717, 1.165) is 4.90 Å². The van der Waals surface area contributed by atoms with Crippen molar-refractivity contribution in [1.82, 2.24) is 9.80 Å². The first kappa shape index (κ1) is 18.0. The van der Waals surface area contributed by atoms with E-state index >= 15 is 0 Å². The van der Waals surface area contributed by atoms with Crippen molar-refractivity contribution in [1.29, 1.82) is 0 Å². The molecule has 1 saturated heterocycles. The fraction of sp³-hybridized carbons (Fsp3) is 0.667. The first-order valence-electron chi connectivity index (χ1n) is 7.17. The summed E-state index contributed by atoms with van der Waals surface area (Å²) >= 11 is 0. The third-order valence-corrected chi connectivity index (χ3v) is 2.78. The van der Waals surface area contributed by atoms with Crippen LogP contribution >= 0.6 is 0 Å². The molecule has 0 aromatic carbocycles. The molecule has 7 heteroatoms. The molecule has 0 saturated carbocycles. The number of carbonyl (C=O) groups excluding carboxylic acids is 3. The Morgan fingerprint density at radius 1 is 1.36 bits per heavy atom. The van der Waals surface area contributed by atoms with Gasteiger partial charge in [0.1, 0.15) is 11.6 Å². The summed E-state index contributed by atoms with van der Waals surface area (Å²) in [6.45, 7) is 6.94. The third kappa shape index (κ3) is 4.47. The molecule has 1 atom stereocenters. The molecule has 124 valence electrons. The zero-order valence-corrected chi connectivity index (χ0v) is 14.0. The van der Waals surface area contributed by atoms with Crippen molar-refractivity contribution in [2.24, 2.45) is 0 Å². The van der Waals surface area contributed by atoms with Gasteiger partial charge in [-0.1, -0.05) is 0 Å². The Hall–Kier alpha value is -2.05. The Labute approximate surface area is 130 Å². The van der Waals surface area contributed by atoms with Crippen molar-refractivity contribution in [3.8, 4) is 0 Å². The Kier molecular flexibility index (Phi) is 5.57. The highest BCUT2D eigenvalue weighted by atomic mass is 16.6. The van der Waals surface area contributed by atoms with Crippen molar-refractivity contribution >= 4 is 18.0 Å². The van der Waals surface area contributed by atoms with E-state index in [4.69, 9.17) is 9.47 Å². The van der Waals surface area contributed by atoms with Crippen molar-refractivity contribution in [3.05, 3.63) is 11.8 Å². The smallest absolute Gasteiger partial charge is 0.418 e. The van der Waals surface area contributed by atoms with Gasteiger partial charge in [0, 0.05) is 32.3 Å². The second-order valence-corrected chi connectivity index (χ2v) is 6.25. The summed E-state index contributed by atoms with van der Waals surface area (Å²) in [5.74, 6) is -1.13. The second-order valence-electron chi connectivity index (χ2n) is 6.25. The van der Waals surface area contributed by atoms with E-state index in [1.807, 2.05) is 0 Å². The normalized spacial score (nSPS) is 20.3. The summed E-state index contributed by atoms with van der Waals surface area (Å²) in [4.78, 5) is 39.2. The quantitative estimate of drug-likeness (QED) is 0.581. The number of likely N-dealkylation sites (tertiary alicyclic amines) is 1. The van der Waals surface area contributed by atoms with Crippen LogP contribution in [0.4, 0.5) is 4.79 Å². The highest BCUT2D eigenvalue weighted by molar-refractivity contribution is 6.08. The molecular formula is C15H24N2O5. The van der Waals surface area contributed by atoms with Gasteiger partial charge in [0.25, 0.3) is 5.91 Å². The summed E-state index contributed by atoms with van der Waals surface area (Å²) in [7, 11) is 3.52. The molecule has 1 rings (SSSR count). The largest absolute Gasteiger partial charge is 0.464 e. The number of hydrogen-bond acceptors (Lipinski definition) is 6. The van der Waals surface area contributed by atoms with E-state index in [1.54, 1.807) is 52.9 Å². The summed E-state index contributed by atoms with van der Waals surface area (Å²) in [5, 5.41) is 0. The van der Waals surface area contributed by atoms with Crippen LogP contribution in [-0.4, -0.2) is 60.1 Å². The van der Waals surface area contributed by atoms with Crippen LogP contribution in [0.25, 0.3) is 0 Å². The van der Waals surface area contributed by atoms with Gasteiger partial charge in [-0.25, -0.2) is 14.5 Å². The monoisotopic (exact) mass is 312 g/mol. The molecule has 0 radical (unpaired) electrons. The number of hydrogen-bond donors (Lipinski definition) is 0. The molecular weight excluding hydrogens is 288 g/mol. The Morgan fingerprint density at radius 3 is 2.41 bits per heavy atom. The maximum absolute atomic E-state index is 12.4. The van der Waals surface area contributed by atoms with Crippen LogP contribution in [0, 0.1) is 0 Å². The van der Waals surface area contributed by atoms with Crippen LogP contribution in [0.2, 0.25) is 0 Å². The van der Waals surface area contributed by atoms with Crippen LogP contribution in [0.1, 0.15) is 34.1 Å². The van der Waals surface area contributed by atoms with Gasteiger partial charge in [0.2, 0.25) is 0 Å². The summed E-state index contributed by atoms with van der Waals surface area (Å²) in [6, 6.07) is -0.978. The topological polar surface area (TPSA) is 76.2 Å². The van der Waals surface area contributed by atoms with Crippen molar-refractivity contribution in [2.45, 2.75) is 45.8 Å². The maximum atomic E-state index is 12.4. The lowest BCUT2D eigenvalue weighted by molar-refractivity contribution is -0.150. The number of nitrogens with zero attached hydrogens (tertiary/aromatic N) is 2. The van der Waals surface area contributed by atoms with Crippen LogP contribution in [0.3, 0.4) is 0 Å². The molecule has 0 spiro atoms. The molecule has 0 bridgehead atoms. The van der Waals surface area contributed by atoms with Gasteiger partial charge in [-0.2, -0.15) is 0 Å². The molecule has 0 aromatic heterocycles. The van der Waals surface area contributed by atoms with Crippen LogP contribution in [-0.2, 0) is 19.1 Å². The minimum absolute atomic E-state index is 0.120. The van der Waals surface area contributed by atoms with Crippen LogP contribution in [0.15, 0.2) is 11.8 Å². The standard InChI is InChI=1S/C15H24N2O5/c1-7-21-13(19)11-8-10(9-16(5)6)12(18)17(11)14(20)22-15(2,3)4/h9,11H,7-8H2,1-6H3/t11-/m0/s1. The van der Waals surface area contributed by atoms with Crippen LogP contribution in [0.5, 0.6) is 0 Å². The van der Waals surface area contributed by atoms with Crippen molar-refractivity contribution in [2.75, 3.05) is 20.7 Å². The SMILES string of the molecule is CCOC(=O)[C@@H]1CC(=CN(C)C)C(=O)N1C(=O)OC(C)(C)C. The highest BCUT2D eigenvalue weighted by Gasteiger charge is 2.46. The Bertz CT molecular complexity index is 491. The number of esters is 1. The minimum Gasteiger partial charge on any atom is -0.464 e. The summed E-state index contributed by atoms with van der Waals surface area (Å²) < 4.78 is 10.2. The van der Waals surface area contributed by atoms with Crippen LogP contribution < -0.4 is 0 Å². The van der Waals surface area contributed by atoms with Gasteiger partial charge in [-0.05, 0) is 27.7 Å². The van der Waals surface area contributed by atoms with E-state index in [-0.39, 0.29) is 13.0 Å². The zero-order chi connectivity index (χ0) is 17.1. The predicted octanol–water partition coefficient (Wildman–Crippen LogP) is 1.53. The van der Waals surface area contributed by atoms with E-state index < -0.39 is 29.6 Å². The number of amides is 2. The van der Waals surface area contributed by atoms with E-state index in [0.29, 0.717) is 5.57 Å². The fourth-order valence-electron chi connectivity index (χ4n) is 2.05. The number of ether oxygens (including phenoxy) is 2. The molecule has 22 heavy (non-hydrogen) atoms. The van der Waals surface area contributed by atoms with Gasteiger partial charge >= 0.3 is 12.1 Å². The van der Waals surface area contributed by atoms with Crippen molar-refractivity contribution in [3.63, 3.8) is 0 Å². The number of carbonyl (C=O) groups is 3. The molecule has 1 aliphatic heterocycles. The average molecular weight is 312 g/mol. The minimum atomic E-state index is -0.978. The molecule has 7 nitrogen and oxygen atoms in total. The average Bonchev–Trinajstić information content (AvgIpc) is 2.64. The van der Waals surface area contributed by atoms with Gasteiger partial charge in [-0.3, -0.25) is 4.79 Å². The molecule has 1 fully saturated rings. The molecule has 2 amide bonds. The number of imide groups is 1. The highest BCUT2D eigenvalue weighted by Crippen LogP contribution is 2.27. The lowest BCUT2D eigenvalue weighted by Crippen LogP contribution is -2.46. The van der Waals surface area contributed by atoms with Gasteiger partial charge < -0.3 is 14.4 Å². The first-order valence-corrected chi connectivity index (χ1v) is 7.17. The molecule has 0 N–H and O–H groups in total. The first-order chi connectivity index (χ1) is 10.1. The third-order valence-electron chi connectivity index (χ3n) is 2.78. The van der Waals surface area contributed by atoms with Crippen molar-refractivity contribution < 1.29 is 23.9 Å². The maximum Gasteiger partial charge on any atom is 0.418 e. The molecule has 0 unspecified atom stereocenters. The predicted molar refractivity (Wildman–Crippen MR) is 79.9 cm³/mol. The fourth-order valence-corrected chi connectivity index (χ4v) is 2.05. The molecule has 0 aliphatic carbocycles. The Balaban J connectivity index is 3.09. The summed E-state index contributed by atoms with van der Waals surface area (Å²) in [6.07, 6.45) is 0.881. The molecule has 1 heterocycles. The van der Waals surface area contributed by atoms with Gasteiger partial charge in [-0.15, -0.1) is 0 Å². The Morgan fingerprint density at radius 2 is 1.95 bits per heavy atom. The summed E-state index contributed by atoms with van der Waals surface area (Å²) in [5.41, 5.74) is -0.390. The van der Waals surface area contributed by atoms with E-state index in [9.17, 15) is 14.4 Å². The van der Waals surface area contributed by atoms with Gasteiger partial charge in [0.15, 0.2) is 0 Å². The lowest BCUT2D eigenvalue weighted by atomic mass is 10.1. The van der Waals surface area contributed by atoms with E-state index in [1.165, 1.54) is 0 Å². The number of rotatable bonds is 3. The molecule has 0 aromatic rings. The second kappa shape index (κ2) is 6.81. The van der Waals surface area contributed by atoms with E-state index in [2.05, 4.69) is 0 Å². The van der Waals surface area contributed by atoms with Gasteiger partial charge in [0.05, 0.1) is 6.61 Å². The molecule has 1 aliphatic rings. The lowest BCUT2D eigenvalue weighted by Gasteiger charge is -2.26.